The van der Waals surface area contributed by atoms with Crippen molar-refractivity contribution < 1.29 is 24.5 Å². The van der Waals surface area contributed by atoms with E-state index in [9.17, 15) is 19.8 Å². The number of aliphatic hydroxyl groups excluding tert-OH is 2. The molecule has 0 aliphatic rings. The number of allylic oxidation sites excluding steroid dienone is 10. The Morgan fingerprint density at radius 2 is 0.885 bits per heavy atom. The number of esters is 1. The van der Waals surface area contributed by atoms with Gasteiger partial charge in [0.1, 0.15) is 6.10 Å². The van der Waals surface area contributed by atoms with Gasteiger partial charge in [-0.25, -0.2) is 0 Å². The first-order valence-electron chi connectivity index (χ1n) is 26.0. The molecule has 61 heavy (non-hydrogen) atoms. The van der Waals surface area contributed by atoms with Crippen LogP contribution in [0.1, 0.15) is 252 Å². The molecule has 6 nitrogen and oxygen atoms in total. The van der Waals surface area contributed by atoms with Crippen LogP contribution in [0.25, 0.3) is 0 Å². The zero-order valence-electron chi connectivity index (χ0n) is 40.3. The van der Waals surface area contributed by atoms with Crippen LogP contribution in [0.2, 0.25) is 0 Å². The van der Waals surface area contributed by atoms with Crippen LogP contribution < -0.4 is 5.32 Å². The summed E-state index contributed by atoms with van der Waals surface area (Å²) < 4.78 is 5.89. The lowest BCUT2D eigenvalue weighted by Gasteiger charge is -2.24. The summed E-state index contributed by atoms with van der Waals surface area (Å²) in [5, 5.41) is 23.7. The first-order valence-corrected chi connectivity index (χ1v) is 26.0. The lowest BCUT2D eigenvalue weighted by molar-refractivity contribution is -0.151. The van der Waals surface area contributed by atoms with Crippen molar-refractivity contribution in [2.24, 2.45) is 0 Å². The average molecular weight is 854 g/mol. The van der Waals surface area contributed by atoms with E-state index in [0.29, 0.717) is 19.3 Å². The van der Waals surface area contributed by atoms with Gasteiger partial charge in [0, 0.05) is 6.42 Å². The van der Waals surface area contributed by atoms with E-state index >= 15 is 0 Å². The molecule has 0 saturated carbocycles. The maximum Gasteiger partial charge on any atom is 0.306 e. The van der Waals surface area contributed by atoms with Crippen molar-refractivity contribution in [1.29, 1.82) is 0 Å². The fraction of sp³-hybridized carbons (Fsp3) is 0.782. The van der Waals surface area contributed by atoms with Gasteiger partial charge in [0.15, 0.2) is 0 Å². The summed E-state index contributed by atoms with van der Waals surface area (Å²) >= 11 is 0. The minimum atomic E-state index is -0.792. The van der Waals surface area contributed by atoms with Gasteiger partial charge in [0.25, 0.3) is 0 Å². The fourth-order valence-corrected chi connectivity index (χ4v) is 7.69. The second kappa shape index (κ2) is 48.6. The topological polar surface area (TPSA) is 95.9 Å². The van der Waals surface area contributed by atoms with E-state index in [1.807, 2.05) is 0 Å². The second-order valence-electron chi connectivity index (χ2n) is 17.5. The SMILES string of the molecule is CC/C=C\C/C=C\C/C=C\C/C=C\C/C=C\CCCCCC(=O)OC(CCCCCCCCC)CC(=O)NC(CO)C(O)CCCCCCCCCCCCCCCCCC. The van der Waals surface area contributed by atoms with Crippen molar-refractivity contribution in [3.63, 3.8) is 0 Å². The third kappa shape index (κ3) is 44.0. The van der Waals surface area contributed by atoms with Crippen LogP contribution in [0.4, 0.5) is 0 Å². The quantitative estimate of drug-likeness (QED) is 0.0322. The molecule has 0 bridgehead atoms. The molecule has 3 atom stereocenters. The number of unbranched alkanes of at least 4 members (excludes halogenated alkanes) is 24. The van der Waals surface area contributed by atoms with Crippen molar-refractivity contribution >= 4 is 11.9 Å². The van der Waals surface area contributed by atoms with Crippen molar-refractivity contribution in [2.45, 2.75) is 270 Å². The maximum absolute atomic E-state index is 13.1. The molecule has 0 rings (SSSR count). The highest BCUT2D eigenvalue weighted by atomic mass is 16.5. The maximum atomic E-state index is 13.1. The lowest BCUT2D eigenvalue weighted by Crippen LogP contribution is -2.46. The summed E-state index contributed by atoms with van der Waals surface area (Å²) in [5.74, 6) is -0.513. The molecule has 0 aromatic rings. The Labute approximate surface area is 378 Å². The first kappa shape index (κ1) is 58.6. The van der Waals surface area contributed by atoms with Gasteiger partial charge in [-0.1, -0.05) is 229 Å². The fourth-order valence-electron chi connectivity index (χ4n) is 7.69. The number of aliphatic hydroxyl groups is 2. The Hall–Kier alpha value is -2.44. The standard InChI is InChI=1S/C55H99NO5/c1-4-7-10-13-16-18-20-22-24-26-27-28-30-32-34-36-39-42-45-48-55(60)61-51(46-43-40-37-15-12-9-6-3)49-54(59)56-52(50-57)53(58)47-44-41-38-35-33-31-29-25-23-21-19-17-14-11-8-5-2/h7,10,16,18,22,24,27-28,32,34,51-53,57-58H,4-6,8-9,11-15,17,19-21,23,25-26,29-31,33,35-50H2,1-3H3,(H,56,59)/b10-7-,18-16-,24-22-,28-27-,34-32-. The third-order valence-corrected chi connectivity index (χ3v) is 11.6. The van der Waals surface area contributed by atoms with E-state index in [4.69, 9.17) is 4.74 Å². The number of amides is 1. The molecule has 0 fully saturated rings. The molecule has 3 N–H and O–H groups in total. The Balaban J connectivity index is 4.40. The summed E-state index contributed by atoms with van der Waals surface area (Å²) in [5.41, 5.74) is 0. The predicted octanol–water partition coefficient (Wildman–Crippen LogP) is 15.6. The molecule has 0 heterocycles. The van der Waals surface area contributed by atoms with Gasteiger partial charge < -0.3 is 20.3 Å². The molecule has 6 heteroatoms. The van der Waals surface area contributed by atoms with Gasteiger partial charge in [-0.2, -0.15) is 0 Å². The Bertz CT molecular complexity index is 1090. The number of hydrogen-bond acceptors (Lipinski definition) is 5. The molecule has 0 aliphatic carbocycles. The first-order chi connectivity index (χ1) is 30.0. The normalized spacial score (nSPS) is 13.7. The van der Waals surface area contributed by atoms with Gasteiger partial charge in [-0.15, -0.1) is 0 Å². The number of rotatable bonds is 46. The van der Waals surface area contributed by atoms with Gasteiger partial charge in [-0.05, 0) is 70.6 Å². The highest BCUT2D eigenvalue weighted by Gasteiger charge is 2.24. The van der Waals surface area contributed by atoms with Crippen molar-refractivity contribution in [2.75, 3.05) is 6.61 Å². The molecule has 3 unspecified atom stereocenters. The Kier molecular flexibility index (Phi) is 46.6. The molecule has 354 valence electrons. The minimum absolute atomic E-state index is 0.0634. The van der Waals surface area contributed by atoms with Crippen LogP contribution in [0.3, 0.4) is 0 Å². The summed E-state index contributed by atoms with van der Waals surface area (Å²) in [6.07, 6.45) is 60.1. The Morgan fingerprint density at radius 1 is 0.492 bits per heavy atom. The highest BCUT2D eigenvalue weighted by molar-refractivity contribution is 5.77. The molecular weight excluding hydrogens is 755 g/mol. The second-order valence-corrected chi connectivity index (χ2v) is 17.5. The van der Waals surface area contributed by atoms with Crippen LogP contribution >= 0.6 is 0 Å². The van der Waals surface area contributed by atoms with E-state index in [2.05, 4.69) is 86.8 Å². The smallest absolute Gasteiger partial charge is 0.306 e. The highest BCUT2D eigenvalue weighted by Crippen LogP contribution is 2.18. The number of hydrogen-bond donors (Lipinski definition) is 3. The van der Waals surface area contributed by atoms with Crippen LogP contribution in [-0.4, -0.2) is 46.9 Å². The predicted molar refractivity (Wildman–Crippen MR) is 264 cm³/mol. The van der Waals surface area contributed by atoms with Crippen molar-refractivity contribution in [1.82, 2.24) is 5.32 Å². The van der Waals surface area contributed by atoms with Crippen molar-refractivity contribution in [3.05, 3.63) is 60.8 Å². The summed E-state index contributed by atoms with van der Waals surface area (Å²) in [4.78, 5) is 26.0. The van der Waals surface area contributed by atoms with Crippen LogP contribution in [0.15, 0.2) is 60.8 Å². The zero-order chi connectivity index (χ0) is 44.5. The summed E-state index contributed by atoms with van der Waals surface area (Å²) in [6, 6.07) is -0.707. The van der Waals surface area contributed by atoms with E-state index < -0.39 is 18.2 Å². The van der Waals surface area contributed by atoms with Crippen LogP contribution in [0.5, 0.6) is 0 Å². The van der Waals surface area contributed by atoms with Crippen molar-refractivity contribution in [3.8, 4) is 0 Å². The summed E-state index contributed by atoms with van der Waals surface area (Å²) in [7, 11) is 0. The monoisotopic (exact) mass is 854 g/mol. The molecule has 0 saturated heterocycles. The Morgan fingerprint density at radius 3 is 1.33 bits per heavy atom. The number of carbonyl (C=O) groups is 2. The van der Waals surface area contributed by atoms with Gasteiger partial charge in [0.05, 0.1) is 25.2 Å². The number of ether oxygens (including phenoxy) is 1. The molecule has 0 radical (unpaired) electrons. The van der Waals surface area contributed by atoms with Gasteiger partial charge in [0.2, 0.25) is 5.91 Å². The number of carbonyl (C=O) groups excluding carboxylic acids is 2. The average Bonchev–Trinajstić information content (AvgIpc) is 3.25. The number of nitrogens with one attached hydrogen (secondary N) is 1. The van der Waals surface area contributed by atoms with E-state index in [1.54, 1.807) is 0 Å². The summed E-state index contributed by atoms with van der Waals surface area (Å²) in [6.45, 7) is 6.34. The van der Waals surface area contributed by atoms with Crippen LogP contribution in [-0.2, 0) is 14.3 Å². The van der Waals surface area contributed by atoms with Crippen LogP contribution in [0, 0.1) is 0 Å². The molecule has 0 aromatic heterocycles. The van der Waals surface area contributed by atoms with Gasteiger partial charge >= 0.3 is 5.97 Å². The van der Waals surface area contributed by atoms with E-state index in [0.717, 1.165) is 96.3 Å². The van der Waals surface area contributed by atoms with E-state index in [-0.39, 0.29) is 24.9 Å². The third-order valence-electron chi connectivity index (χ3n) is 11.6. The zero-order valence-corrected chi connectivity index (χ0v) is 40.3. The molecule has 1 amide bonds. The van der Waals surface area contributed by atoms with E-state index in [1.165, 1.54) is 109 Å². The lowest BCUT2D eigenvalue weighted by atomic mass is 10.0. The molecule has 0 aromatic carbocycles. The largest absolute Gasteiger partial charge is 0.462 e. The molecule has 0 spiro atoms. The molecule has 0 aliphatic heterocycles. The van der Waals surface area contributed by atoms with Gasteiger partial charge in [-0.3, -0.25) is 9.59 Å². The minimum Gasteiger partial charge on any atom is -0.462 e. The molecular formula is C55H99NO5.